The van der Waals surface area contributed by atoms with Crippen LogP contribution in [0, 0.1) is 11.3 Å². The molecule has 0 aliphatic carbocycles. The van der Waals surface area contributed by atoms with Gasteiger partial charge in [0.2, 0.25) is 6.79 Å². The van der Waals surface area contributed by atoms with Crippen LogP contribution in [0.5, 0.6) is 11.5 Å². The molecule has 84 valence electrons. The van der Waals surface area contributed by atoms with Crippen LogP contribution in [-0.2, 0) is 7.05 Å². The summed E-state index contributed by atoms with van der Waals surface area (Å²) in [7, 11) is 1.79. The van der Waals surface area contributed by atoms with E-state index in [1.54, 1.807) is 17.9 Å². The second kappa shape index (κ2) is 3.52. The van der Waals surface area contributed by atoms with Crippen LogP contribution >= 0.6 is 0 Å². The highest BCUT2D eigenvalue weighted by atomic mass is 16.7. The Balaban J connectivity index is 2.13. The number of hydrogen-bond acceptors (Lipinski definition) is 4. The Morgan fingerprint density at radius 2 is 2.18 bits per heavy atom. The fraction of sp³-hybridized carbons (Fsp3) is 0.167. The van der Waals surface area contributed by atoms with Gasteiger partial charge in [0.05, 0.1) is 6.33 Å². The molecule has 0 atom stereocenters. The lowest BCUT2D eigenvalue weighted by Crippen LogP contribution is -1.93. The van der Waals surface area contributed by atoms with Gasteiger partial charge in [-0.1, -0.05) is 0 Å². The predicted octanol–water partition coefficient (Wildman–Crippen LogP) is 1.69. The molecule has 0 saturated heterocycles. The highest BCUT2D eigenvalue weighted by Gasteiger charge is 2.17. The maximum absolute atomic E-state index is 9.08. The monoisotopic (exact) mass is 227 g/mol. The molecule has 0 fully saturated rings. The summed E-state index contributed by atoms with van der Waals surface area (Å²) in [6, 6.07) is 7.68. The van der Waals surface area contributed by atoms with E-state index in [0.29, 0.717) is 17.1 Å². The van der Waals surface area contributed by atoms with Gasteiger partial charge in [-0.15, -0.1) is 0 Å². The van der Waals surface area contributed by atoms with Crippen molar-refractivity contribution in [2.45, 2.75) is 0 Å². The number of aromatic nitrogens is 2. The molecule has 0 amide bonds. The number of nitrogens with zero attached hydrogens (tertiary/aromatic N) is 3. The maximum Gasteiger partial charge on any atom is 0.231 e. The molecule has 1 aromatic carbocycles. The Labute approximate surface area is 97.8 Å². The van der Waals surface area contributed by atoms with Crippen molar-refractivity contribution in [2.75, 3.05) is 6.79 Å². The minimum Gasteiger partial charge on any atom is -0.454 e. The Morgan fingerprint density at radius 1 is 1.35 bits per heavy atom. The molecule has 0 N–H and O–H groups in total. The van der Waals surface area contributed by atoms with Crippen LogP contribution in [-0.4, -0.2) is 16.3 Å². The van der Waals surface area contributed by atoms with E-state index in [1.807, 2.05) is 18.2 Å². The van der Waals surface area contributed by atoms with Crippen molar-refractivity contribution in [3.05, 3.63) is 30.2 Å². The number of imidazole rings is 1. The summed E-state index contributed by atoms with van der Waals surface area (Å²) in [5.41, 5.74) is 2.04. The summed E-state index contributed by atoms with van der Waals surface area (Å²) in [6.45, 7) is 0.242. The predicted molar refractivity (Wildman–Crippen MR) is 59.5 cm³/mol. The first-order valence-electron chi connectivity index (χ1n) is 5.11. The zero-order valence-corrected chi connectivity index (χ0v) is 9.17. The highest BCUT2D eigenvalue weighted by molar-refractivity contribution is 5.68. The van der Waals surface area contributed by atoms with Crippen molar-refractivity contribution in [2.24, 2.45) is 7.05 Å². The van der Waals surface area contributed by atoms with Crippen molar-refractivity contribution in [1.29, 1.82) is 5.26 Å². The van der Waals surface area contributed by atoms with Crippen LogP contribution < -0.4 is 9.47 Å². The quantitative estimate of drug-likeness (QED) is 0.743. The number of rotatable bonds is 1. The van der Waals surface area contributed by atoms with E-state index >= 15 is 0 Å². The van der Waals surface area contributed by atoms with Gasteiger partial charge in [-0.3, -0.25) is 0 Å². The van der Waals surface area contributed by atoms with E-state index in [4.69, 9.17) is 14.7 Å². The van der Waals surface area contributed by atoms with Gasteiger partial charge in [0.15, 0.2) is 11.5 Å². The van der Waals surface area contributed by atoms with E-state index in [1.165, 1.54) is 0 Å². The second-order valence-corrected chi connectivity index (χ2v) is 3.73. The van der Waals surface area contributed by atoms with Gasteiger partial charge in [-0.05, 0) is 18.2 Å². The van der Waals surface area contributed by atoms with E-state index in [9.17, 15) is 0 Å². The molecule has 17 heavy (non-hydrogen) atoms. The summed E-state index contributed by atoms with van der Waals surface area (Å²) < 4.78 is 12.2. The first kappa shape index (κ1) is 9.73. The molecule has 1 aliphatic rings. The first-order chi connectivity index (χ1) is 8.29. The second-order valence-electron chi connectivity index (χ2n) is 3.73. The van der Waals surface area contributed by atoms with Crippen molar-refractivity contribution in [3.63, 3.8) is 0 Å². The maximum atomic E-state index is 9.08. The van der Waals surface area contributed by atoms with Gasteiger partial charge >= 0.3 is 0 Å². The molecule has 0 saturated carbocycles. The van der Waals surface area contributed by atoms with Crippen molar-refractivity contribution >= 4 is 0 Å². The molecule has 3 rings (SSSR count). The smallest absolute Gasteiger partial charge is 0.231 e. The molecule has 0 spiro atoms. The molecule has 5 nitrogen and oxygen atoms in total. The number of nitriles is 1. The SMILES string of the molecule is Cn1cnc(-c2ccc3c(c2)OCO3)c1C#N. The van der Waals surface area contributed by atoms with E-state index < -0.39 is 0 Å². The van der Waals surface area contributed by atoms with Crippen LogP contribution in [0.25, 0.3) is 11.3 Å². The molecule has 0 radical (unpaired) electrons. The lowest BCUT2D eigenvalue weighted by Gasteiger charge is -2.01. The summed E-state index contributed by atoms with van der Waals surface area (Å²) in [4.78, 5) is 4.23. The Morgan fingerprint density at radius 3 is 3.00 bits per heavy atom. The number of fused-ring (bicyclic) bond motifs is 1. The molecular weight excluding hydrogens is 218 g/mol. The van der Waals surface area contributed by atoms with E-state index in [0.717, 1.165) is 11.3 Å². The minimum atomic E-state index is 0.242. The number of benzene rings is 1. The van der Waals surface area contributed by atoms with Gasteiger partial charge in [0.25, 0.3) is 0 Å². The standard InChI is InChI=1S/C12H9N3O2/c1-15-6-14-12(9(15)5-13)8-2-3-10-11(4-8)17-7-16-10/h2-4,6H,7H2,1H3. The van der Waals surface area contributed by atoms with Crippen LogP contribution in [0.2, 0.25) is 0 Å². The summed E-state index contributed by atoms with van der Waals surface area (Å²) in [5, 5.41) is 9.08. The molecule has 1 aromatic heterocycles. The van der Waals surface area contributed by atoms with Crippen LogP contribution in [0.15, 0.2) is 24.5 Å². The molecule has 1 aliphatic heterocycles. The van der Waals surface area contributed by atoms with Crippen LogP contribution in [0.3, 0.4) is 0 Å². The molecular formula is C12H9N3O2. The first-order valence-corrected chi connectivity index (χ1v) is 5.11. The van der Waals surface area contributed by atoms with Crippen molar-refractivity contribution < 1.29 is 9.47 Å². The average Bonchev–Trinajstić information content (AvgIpc) is 2.93. The lowest BCUT2D eigenvalue weighted by atomic mass is 10.1. The third kappa shape index (κ3) is 1.42. The number of hydrogen-bond donors (Lipinski definition) is 0. The van der Waals surface area contributed by atoms with Crippen LogP contribution in [0.1, 0.15) is 5.69 Å². The molecule has 2 heterocycles. The molecule has 2 aromatic rings. The summed E-state index contributed by atoms with van der Waals surface area (Å²) >= 11 is 0. The fourth-order valence-corrected chi connectivity index (χ4v) is 1.82. The lowest BCUT2D eigenvalue weighted by molar-refractivity contribution is 0.174. The third-order valence-corrected chi connectivity index (χ3v) is 2.69. The van der Waals surface area contributed by atoms with Gasteiger partial charge in [-0.2, -0.15) is 5.26 Å². The summed E-state index contributed by atoms with van der Waals surface area (Å²) in [5.74, 6) is 1.42. The van der Waals surface area contributed by atoms with Gasteiger partial charge in [-0.25, -0.2) is 4.98 Å². The number of aryl methyl sites for hydroxylation is 1. The zero-order chi connectivity index (χ0) is 11.8. The number of ether oxygens (including phenoxy) is 2. The Bertz CT molecular complexity index is 625. The molecule has 5 heteroatoms. The van der Waals surface area contributed by atoms with Crippen molar-refractivity contribution in [3.8, 4) is 28.8 Å². The fourth-order valence-electron chi connectivity index (χ4n) is 1.82. The van der Waals surface area contributed by atoms with Gasteiger partial charge < -0.3 is 14.0 Å². The Kier molecular flexibility index (Phi) is 2.02. The van der Waals surface area contributed by atoms with Gasteiger partial charge in [0.1, 0.15) is 17.5 Å². The zero-order valence-electron chi connectivity index (χ0n) is 9.17. The average molecular weight is 227 g/mol. The highest BCUT2D eigenvalue weighted by Crippen LogP contribution is 2.36. The topological polar surface area (TPSA) is 60.1 Å². The normalized spacial score (nSPS) is 12.5. The summed E-state index contributed by atoms with van der Waals surface area (Å²) in [6.07, 6.45) is 1.62. The minimum absolute atomic E-state index is 0.242. The molecule has 0 bridgehead atoms. The Hall–Kier alpha value is -2.48. The van der Waals surface area contributed by atoms with E-state index in [-0.39, 0.29) is 6.79 Å². The van der Waals surface area contributed by atoms with Crippen LogP contribution in [0.4, 0.5) is 0 Å². The molecule has 0 unspecified atom stereocenters. The third-order valence-electron chi connectivity index (χ3n) is 2.69. The largest absolute Gasteiger partial charge is 0.454 e. The van der Waals surface area contributed by atoms with Crippen molar-refractivity contribution in [1.82, 2.24) is 9.55 Å². The van der Waals surface area contributed by atoms with Gasteiger partial charge in [0, 0.05) is 12.6 Å². The van der Waals surface area contributed by atoms with E-state index in [2.05, 4.69) is 11.1 Å².